The van der Waals surface area contributed by atoms with Gasteiger partial charge in [-0.3, -0.25) is 9.79 Å². The number of carbonyl (C=O) groups excluding carboxylic acids is 1. The fourth-order valence-corrected chi connectivity index (χ4v) is 1.28. The lowest BCUT2D eigenvalue weighted by atomic mass is 10.2. The van der Waals surface area contributed by atoms with Crippen LogP contribution in [0.3, 0.4) is 0 Å². The number of amidine groups is 1. The summed E-state index contributed by atoms with van der Waals surface area (Å²) >= 11 is 0. The van der Waals surface area contributed by atoms with Crippen LogP contribution < -0.4 is 5.32 Å². The van der Waals surface area contributed by atoms with Gasteiger partial charge in [-0.15, -0.1) is 0 Å². The maximum absolute atomic E-state index is 11.3. The van der Waals surface area contributed by atoms with Crippen LogP contribution in [0.2, 0.25) is 0 Å². The van der Waals surface area contributed by atoms with Crippen molar-refractivity contribution in [2.75, 3.05) is 0 Å². The average Bonchev–Trinajstić information content (AvgIpc) is 2.61. The highest BCUT2D eigenvalue weighted by Crippen LogP contribution is 2.07. The summed E-state index contributed by atoms with van der Waals surface area (Å²) in [6.07, 6.45) is 3.76. The molecule has 0 bridgehead atoms. The number of aromatic nitrogens is 2. The van der Waals surface area contributed by atoms with E-state index < -0.39 is 0 Å². The predicted octanol–water partition coefficient (Wildman–Crippen LogP) is 0.132. The Morgan fingerprint density at radius 1 is 1.57 bits per heavy atom. The summed E-state index contributed by atoms with van der Waals surface area (Å²) in [5.74, 6) is 0.491. The molecule has 1 aliphatic heterocycles. The van der Waals surface area contributed by atoms with E-state index in [2.05, 4.69) is 20.3 Å². The van der Waals surface area contributed by atoms with Crippen LogP contribution in [0.5, 0.6) is 0 Å². The van der Waals surface area contributed by atoms with Crippen LogP contribution in [0.15, 0.2) is 23.6 Å². The molecule has 0 radical (unpaired) electrons. The Bertz CT molecular complexity index is 374. The fraction of sp³-hybridized carbons (Fsp3) is 0.333. The summed E-state index contributed by atoms with van der Waals surface area (Å²) < 4.78 is 0. The summed E-state index contributed by atoms with van der Waals surface area (Å²) in [6, 6.07) is 1.46. The van der Waals surface area contributed by atoms with Crippen molar-refractivity contribution in [3.8, 4) is 0 Å². The molecular formula is C9H10N4O. The second kappa shape index (κ2) is 3.53. The van der Waals surface area contributed by atoms with E-state index in [0.717, 1.165) is 0 Å². The lowest BCUT2D eigenvalue weighted by Gasteiger charge is -1.97. The van der Waals surface area contributed by atoms with Crippen LogP contribution in [0.1, 0.15) is 19.0 Å². The van der Waals surface area contributed by atoms with Crippen molar-refractivity contribution < 1.29 is 4.79 Å². The van der Waals surface area contributed by atoms with Gasteiger partial charge in [-0.2, -0.15) is 0 Å². The topological polar surface area (TPSA) is 67.2 Å². The molecule has 72 valence electrons. The third-order valence-electron chi connectivity index (χ3n) is 2.04. The van der Waals surface area contributed by atoms with Crippen molar-refractivity contribution in [3.63, 3.8) is 0 Å². The number of amides is 1. The zero-order valence-corrected chi connectivity index (χ0v) is 7.77. The molecule has 0 fully saturated rings. The van der Waals surface area contributed by atoms with E-state index in [-0.39, 0.29) is 11.9 Å². The molecule has 2 heterocycles. The summed E-state index contributed by atoms with van der Waals surface area (Å²) in [7, 11) is 0. The van der Waals surface area contributed by atoms with Gasteiger partial charge < -0.3 is 5.32 Å². The average molecular weight is 190 g/mol. The minimum atomic E-state index is -0.264. The maximum atomic E-state index is 11.3. The second-order valence-corrected chi connectivity index (χ2v) is 2.99. The first kappa shape index (κ1) is 8.80. The SMILES string of the molecule is CCC1N=C(c2ccncn2)NC1=O. The molecule has 0 aliphatic carbocycles. The lowest BCUT2D eigenvalue weighted by molar-refractivity contribution is -0.120. The van der Waals surface area contributed by atoms with Gasteiger partial charge in [-0.25, -0.2) is 9.97 Å². The molecule has 0 spiro atoms. The van der Waals surface area contributed by atoms with E-state index in [1.807, 2.05) is 6.92 Å². The standard InChI is InChI=1S/C9H10N4O/c1-2-6-9(14)13-8(12-6)7-3-4-10-5-11-7/h3-6H,2H2,1H3,(H,12,13,14). The number of hydrogen-bond donors (Lipinski definition) is 1. The molecule has 1 unspecified atom stereocenters. The number of aliphatic imine (C=N–C) groups is 1. The number of nitrogens with zero attached hydrogens (tertiary/aromatic N) is 3. The van der Waals surface area contributed by atoms with Gasteiger partial charge in [0.25, 0.3) is 0 Å². The Morgan fingerprint density at radius 2 is 2.43 bits per heavy atom. The van der Waals surface area contributed by atoms with Gasteiger partial charge in [0.15, 0.2) is 5.84 Å². The Labute approximate surface area is 81.3 Å². The van der Waals surface area contributed by atoms with Crippen LogP contribution in [0.25, 0.3) is 0 Å². The van der Waals surface area contributed by atoms with Crippen molar-refractivity contribution in [2.24, 2.45) is 4.99 Å². The van der Waals surface area contributed by atoms with E-state index in [4.69, 9.17) is 0 Å². The van der Waals surface area contributed by atoms with Crippen LogP contribution in [0, 0.1) is 0 Å². The first-order valence-corrected chi connectivity index (χ1v) is 4.46. The highest BCUT2D eigenvalue weighted by molar-refractivity contribution is 6.12. The molecule has 1 aliphatic rings. The number of carbonyl (C=O) groups is 1. The molecule has 0 saturated carbocycles. The molecule has 1 atom stereocenters. The fourth-order valence-electron chi connectivity index (χ4n) is 1.28. The third-order valence-corrected chi connectivity index (χ3v) is 2.04. The minimum absolute atomic E-state index is 0.0545. The summed E-state index contributed by atoms with van der Waals surface area (Å²) in [5, 5.41) is 2.69. The zero-order chi connectivity index (χ0) is 9.97. The molecule has 5 heteroatoms. The van der Waals surface area contributed by atoms with Crippen molar-refractivity contribution in [1.29, 1.82) is 0 Å². The molecule has 1 aromatic rings. The van der Waals surface area contributed by atoms with E-state index >= 15 is 0 Å². The minimum Gasteiger partial charge on any atom is -0.307 e. The summed E-state index contributed by atoms with van der Waals surface area (Å²) in [5.41, 5.74) is 0.657. The molecule has 1 aromatic heterocycles. The zero-order valence-electron chi connectivity index (χ0n) is 7.77. The Hall–Kier alpha value is -1.78. The predicted molar refractivity (Wildman–Crippen MR) is 50.8 cm³/mol. The normalized spacial score (nSPS) is 20.5. The van der Waals surface area contributed by atoms with E-state index in [1.165, 1.54) is 6.33 Å². The van der Waals surface area contributed by atoms with Crippen molar-refractivity contribution in [1.82, 2.24) is 15.3 Å². The quantitative estimate of drug-likeness (QED) is 0.720. The molecular weight excluding hydrogens is 180 g/mol. The van der Waals surface area contributed by atoms with E-state index in [9.17, 15) is 4.79 Å². The Morgan fingerprint density at radius 3 is 3.00 bits per heavy atom. The van der Waals surface area contributed by atoms with Gasteiger partial charge in [0, 0.05) is 6.20 Å². The summed E-state index contributed by atoms with van der Waals surface area (Å²) in [6.45, 7) is 1.93. The lowest BCUT2D eigenvalue weighted by Crippen LogP contribution is -2.29. The van der Waals surface area contributed by atoms with Crippen LogP contribution in [-0.4, -0.2) is 27.8 Å². The van der Waals surface area contributed by atoms with Gasteiger partial charge in [-0.05, 0) is 12.5 Å². The van der Waals surface area contributed by atoms with Gasteiger partial charge in [-0.1, -0.05) is 6.92 Å². The number of nitrogens with one attached hydrogen (secondary N) is 1. The highest BCUT2D eigenvalue weighted by Gasteiger charge is 2.25. The van der Waals surface area contributed by atoms with E-state index in [1.54, 1.807) is 12.3 Å². The van der Waals surface area contributed by atoms with Crippen molar-refractivity contribution in [3.05, 3.63) is 24.3 Å². The van der Waals surface area contributed by atoms with Crippen molar-refractivity contribution >= 4 is 11.7 Å². The first-order chi connectivity index (χ1) is 6.81. The van der Waals surface area contributed by atoms with Gasteiger partial charge in [0.05, 0.1) is 0 Å². The van der Waals surface area contributed by atoms with Crippen LogP contribution in [0.4, 0.5) is 0 Å². The molecule has 0 saturated heterocycles. The number of rotatable bonds is 2. The van der Waals surface area contributed by atoms with Crippen LogP contribution >= 0.6 is 0 Å². The molecule has 14 heavy (non-hydrogen) atoms. The Kier molecular flexibility index (Phi) is 2.22. The monoisotopic (exact) mass is 190 g/mol. The van der Waals surface area contributed by atoms with Gasteiger partial charge in [0.2, 0.25) is 5.91 Å². The first-order valence-electron chi connectivity index (χ1n) is 4.46. The molecule has 1 N–H and O–H groups in total. The largest absolute Gasteiger partial charge is 0.307 e. The summed E-state index contributed by atoms with van der Waals surface area (Å²) in [4.78, 5) is 23.3. The molecule has 0 aromatic carbocycles. The molecule has 1 amide bonds. The van der Waals surface area contributed by atoms with Crippen LogP contribution in [-0.2, 0) is 4.79 Å². The maximum Gasteiger partial charge on any atom is 0.250 e. The van der Waals surface area contributed by atoms with Gasteiger partial charge >= 0.3 is 0 Å². The highest BCUT2D eigenvalue weighted by atomic mass is 16.2. The second-order valence-electron chi connectivity index (χ2n) is 2.99. The third kappa shape index (κ3) is 1.48. The van der Waals surface area contributed by atoms with Gasteiger partial charge in [0.1, 0.15) is 18.1 Å². The smallest absolute Gasteiger partial charge is 0.250 e. The molecule has 2 rings (SSSR count). The van der Waals surface area contributed by atoms with Crippen molar-refractivity contribution in [2.45, 2.75) is 19.4 Å². The molecule has 5 nitrogen and oxygen atoms in total. The number of hydrogen-bond acceptors (Lipinski definition) is 4. The van der Waals surface area contributed by atoms with E-state index in [0.29, 0.717) is 18.0 Å². The Balaban J connectivity index is 2.26.